The van der Waals surface area contributed by atoms with Gasteiger partial charge in [0.2, 0.25) is 0 Å². The minimum absolute atomic E-state index is 0.456. The summed E-state index contributed by atoms with van der Waals surface area (Å²) in [6.07, 6.45) is 0.851. The van der Waals surface area contributed by atoms with Crippen molar-refractivity contribution in [1.29, 1.82) is 0 Å². The van der Waals surface area contributed by atoms with Gasteiger partial charge in [0.1, 0.15) is 5.75 Å². The zero-order chi connectivity index (χ0) is 14.8. The molecule has 0 fully saturated rings. The van der Waals surface area contributed by atoms with Gasteiger partial charge >= 0.3 is 0 Å². The summed E-state index contributed by atoms with van der Waals surface area (Å²) in [5.41, 5.74) is 10.9. The van der Waals surface area contributed by atoms with Crippen LogP contribution >= 0.6 is 0 Å². The van der Waals surface area contributed by atoms with Gasteiger partial charge in [0.05, 0.1) is 12.6 Å². The van der Waals surface area contributed by atoms with Crippen molar-refractivity contribution in [3.8, 4) is 5.75 Å². The quantitative estimate of drug-likeness (QED) is 0.913. The van der Waals surface area contributed by atoms with Gasteiger partial charge in [0.25, 0.3) is 0 Å². The fraction of sp³-hybridized carbons (Fsp3) is 0.333. The molecule has 2 heteroatoms. The molecule has 2 aromatic carbocycles. The van der Waals surface area contributed by atoms with E-state index in [1.165, 1.54) is 11.1 Å². The molecule has 0 saturated carbocycles. The van der Waals surface area contributed by atoms with Crippen molar-refractivity contribution in [1.82, 2.24) is 0 Å². The second kappa shape index (κ2) is 5.68. The van der Waals surface area contributed by atoms with Gasteiger partial charge in [0, 0.05) is 0 Å². The third kappa shape index (κ3) is 2.44. The Labute approximate surface area is 121 Å². The average Bonchev–Trinajstić information content (AvgIpc) is 2.49. The lowest BCUT2D eigenvalue weighted by Gasteiger charge is -2.31. The molecule has 1 unspecified atom stereocenters. The normalized spacial score (nSPS) is 13.8. The highest BCUT2D eigenvalue weighted by molar-refractivity contribution is 5.48. The maximum absolute atomic E-state index is 6.76. The van der Waals surface area contributed by atoms with Crippen LogP contribution < -0.4 is 10.5 Å². The lowest BCUT2D eigenvalue weighted by atomic mass is 9.79. The van der Waals surface area contributed by atoms with Crippen molar-refractivity contribution in [3.05, 3.63) is 64.7 Å². The van der Waals surface area contributed by atoms with Gasteiger partial charge in [-0.25, -0.2) is 0 Å². The topological polar surface area (TPSA) is 35.2 Å². The molecular weight excluding hydrogens is 246 g/mol. The van der Waals surface area contributed by atoms with Gasteiger partial charge in [-0.15, -0.1) is 0 Å². The molecule has 2 rings (SSSR count). The van der Waals surface area contributed by atoms with Crippen molar-refractivity contribution in [2.24, 2.45) is 5.73 Å². The molecule has 2 nitrogen and oxygen atoms in total. The number of rotatable bonds is 4. The molecule has 0 aromatic heterocycles. The van der Waals surface area contributed by atoms with Crippen LogP contribution in [0.2, 0.25) is 0 Å². The molecule has 106 valence electrons. The Morgan fingerprint density at radius 3 is 2.25 bits per heavy atom. The first-order valence-electron chi connectivity index (χ1n) is 7.03. The Hall–Kier alpha value is -1.80. The van der Waals surface area contributed by atoms with E-state index in [0.29, 0.717) is 0 Å². The molecule has 0 spiro atoms. The Bertz CT molecular complexity index is 592. The number of ether oxygens (including phenoxy) is 1. The largest absolute Gasteiger partial charge is 0.496 e. The summed E-state index contributed by atoms with van der Waals surface area (Å²) in [7, 11) is 1.70. The van der Waals surface area contributed by atoms with E-state index in [1.54, 1.807) is 7.11 Å². The Balaban J connectivity index is 2.61. The van der Waals surface area contributed by atoms with Crippen LogP contribution in [0.4, 0.5) is 0 Å². The lowest BCUT2D eigenvalue weighted by molar-refractivity contribution is 0.410. The number of benzene rings is 2. The van der Waals surface area contributed by atoms with E-state index in [2.05, 4.69) is 45.0 Å². The SMILES string of the molecule is CCC(N)(c1ccccc1)c1cc(C)c(OC)cc1C. The predicted octanol–water partition coefficient (Wildman–Crippen LogP) is 3.92. The molecule has 2 aromatic rings. The van der Waals surface area contributed by atoms with Gasteiger partial charge in [-0.05, 0) is 54.7 Å². The second-order valence-electron chi connectivity index (χ2n) is 5.33. The summed E-state index contributed by atoms with van der Waals surface area (Å²) in [4.78, 5) is 0. The summed E-state index contributed by atoms with van der Waals surface area (Å²) in [5.74, 6) is 0.915. The van der Waals surface area contributed by atoms with Crippen LogP contribution in [0.1, 0.15) is 35.6 Å². The third-order valence-electron chi connectivity index (χ3n) is 4.07. The first-order chi connectivity index (χ1) is 9.52. The van der Waals surface area contributed by atoms with Gasteiger partial charge in [0.15, 0.2) is 0 Å². The molecule has 1 atom stereocenters. The summed E-state index contributed by atoms with van der Waals surface area (Å²) < 4.78 is 5.39. The Morgan fingerprint density at radius 2 is 1.70 bits per heavy atom. The van der Waals surface area contributed by atoms with E-state index < -0.39 is 5.54 Å². The van der Waals surface area contributed by atoms with Crippen molar-refractivity contribution >= 4 is 0 Å². The van der Waals surface area contributed by atoms with Crippen LogP contribution in [0.3, 0.4) is 0 Å². The maximum Gasteiger partial charge on any atom is 0.122 e. The molecule has 0 bridgehead atoms. The van der Waals surface area contributed by atoms with Gasteiger partial charge < -0.3 is 10.5 Å². The molecule has 0 saturated heterocycles. The highest BCUT2D eigenvalue weighted by atomic mass is 16.5. The molecule has 0 aliphatic rings. The smallest absolute Gasteiger partial charge is 0.122 e. The summed E-state index contributed by atoms with van der Waals surface area (Å²) in [5, 5.41) is 0. The predicted molar refractivity (Wildman–Crippen MR) is 84.2 cm³/mol. The highest BCUT2D eigenvalue weighted by Gasteiger charge is 2.29. The molecular formula is C18H23NO. The number of aryl methyl sites for hydroxylation is 2. The number of hydrogen-bond acceptors (Lipinski definition) is 2. The van der Waals surface area contributed by atoms with Crippen LogP contribution in [-0.4, -0.2) is 7.11 Å². The van der Waals surface area contributed by atoms with Crippen molar-refractivity contribution in [2.45, 2.75) is 32.7 Å². The van der Waals surface area contributed by atoms with Crippen LogP contribution in [0.15, 0.2) is 42.5 Å². The summed E-state index contributed by atoms with van der Waals surface area (Å²) >= 11 is 0. The maximum atomic E-state index is 6.76. The van der Waals surface area contributed by atoms with E-state index in [0.717, 1.165) is 23.3 Å². The monoisotopic (exact) mass is 269 g/mol. The minimum Gasteiger partial charge on any atom is -0.496 e. The number of nitrogens with two attached hydrogens (primary N) is 1. The molecule has 2 N–H and O–H groups in total. The van der Waals surface area contributed by atoms with E-state index >= 15 is 0 Å². The molecule has 0 amide bonds. The standard InChI is InChI=1S/C18H23NO/c1-5-18(19,15-9-7-6-8-10-15)16-11-14(3)17(20-4)12-13(16)2/h6-12H,5,19H2,1-4H3. The van der Waals surface area contributed by atoms with Crippen molar-refractivity contribution in [3.63, 3.8) is 0 Å². The summed E-state index contributed by atoms with van der Waals surface area (Å²) in [6.45, 7) is 6.28. The molecule has 0 aliphatic carbocycles. The van der Waals surface area contributed by atoms with Gasteiger partial charge in [-0.2, -0.15) is 0 Å². The van der Waals surface area contributed by atoms with E-state index in [-0.39, 0.29) is 0 Å². The second-order valence-corrected chi connectivity index (χ2v) is 5.33. The number of hydrogen-bond donors (Lipinski definition) is 1. The highest BCUT2D eigenvalue weighted by Crippen LogP contribution is 2.35. The first-order valence-corrected chi connectivity index (χ1v) is 7.03. The Kier molecular flexibility index (Phi) is 4.15. The van der Waals surface area contributed by atoms with Crippen LogP contribution in [0.25, 0.3) is 0 Å². The van der Waals surface area contributed by atoms with Gasteiger partial charge in [-0.1, -0.05) is 37.3 Å². The molecule has 0 heterocycles. The zero-order valence-corrected chi connectivity index (χ0v) is 12.7. The summed E-state index contributed by atoms with van der Waals surface area (Å²) in [6, 6.07) is 14.5. The fourth-order valence-corrected chi connectivity index (χ4v) is 2.78. The third-order valence-corrected chi connectivity index (χ3v) is 4.07. The Morgan fingerprint density at radius 1 is 1.05 bits per heavy atom. The first kappa shape index (κ1) is 14.6. The van der Waals surface area contributed by atoms with Gasteiger partial charge in [-0.3, -0.25) is 0 Å². The van der Waals surface area contributed by atoms with Crippen LogP contribution in [0, 0.1) is 13.8 Å². The van der Waals surface area contributed by atoms with Crippen molar-refractivity contribution < 1.29 is 4.74 Å². The van der Waals surface area contributed by atoms with Crippen LogP contribution in [0.5, 0.6) is 5.75 Å². The fourth-order valence-electron chi connectivity index (χ4n) is 2.78. The van der Waals surface area contributed by atoms with Crippen molar-refractivity contribution in [2.75, 3.05) is 7.11 Å². The average molecular weight is 269 g/mol. The van der Waals surface area contributed by atoms with E-state index in [1.807, 2.05) is 18.2 Å². The zero-order valence-electron chi connectivity index (χ0n) is 12.7. The van der Waals surface area contributed by atoms with Crippen LogP contribution in [-0.2, 0) is 5.54 Å². The van der Waals surface area contributed by atoms with E-state index in [4.69, 9.17) is 10.5 Å². The van der Waals surface area contributed by atoms with E-state index in [9.17, 15) is 0 Å². The molecule has 20 heavy (non-hydrogen) atoms. The minimum atomic E-state index is -0.456. The number of methoxy groups -OCH3 is 1. The molecule has 0 radical (unpaired) electrons. The molecule has 0 aliphatic heterocycles. The lowest BCUT2D eigenvalue weighted by Crippen LogP contribution is -2.38.